The summed E-state index contributed by atoms with van der Waals surface area (Å²) in [4.78, 5) is 0.117. The average Bonchev–Trinajstić information content (AvgIpc) is 3.30. The summed E-state index contributed by atoms with van der Waals surface area (Å²) in [5.41, 5.74) is 3.11. The van der Waals surface area contributed by atoms with Gasteiger partial charge in [0.25, 0.3) is 10.0 Å². The van der Waals surface area contributed by atoms with Crippen LogP contribution in [-0.4, -0.2) is 44.7 Å². The molecule has 4 rings (SSSR count). The molecule has 0 aromatic heterocycles. The minimum absolute atomic E-state index is 0.117. The third-order valence-corrected chi connectivity index (χ3v) is 7.03. The normalized spacial score (nSPS) is 16.6. The Balaban J connectivity index is 1.52. The van der Waals surface area contributed by atoms with E-state index in [0.29, 0.717) is 17.9 Å². The van der Waals surface area contributed by atoms with Crippen molar-refractivity contribution in [3.8, 4) is 11.5 Å². The summed E-state index contributed by atoms with van der Waals surface area (Å²) in [6.45, 7) is 1.68. The van der Waals surface area contributed by atoms with Crippen molar-refractivity contribution in [2.24, 2.45) is 5.10 Å². The summed E-state index contributed by atoms with van der Waals surface area (Å²) < 4.78 is 38.4. The molecule has 0 saturated heterocycles. The second kappa shape index (κ2) is 9.74. The first-order valence-electron chi connectivity index (χ1n) is 10.8. The van der Waals surface area contributed by atoms with Gasteiger partial charge in [0.15, 0.2) is 0 Å². The van der Waals surface area contributed by atoms with Crippen molar-refractivity contribution in [1.29, 1.82) is 0 Å². The van der Waals surface area contributed by atoms with Gasteiger partial charge in [-0.05, 0) is 54.4 Å². The van der Waals surface area contributed by atoms with E-state index in [1.807, 2.05) is 36.4 Å². The van der Waals surface area contributed by atoms with Crippen molar-refractivity contribution in [2.45, 2.75) is 30.5 Å². The number of benzene rings is 3. The molecule has 2 atom stereocenters. The van der Waals surface area contributed by atoms with Gasteiger partial charge in [0.1, 0.15) is 17.7 Å². The molecule has 2 unspecified atom stereocenters. The number of nitrogens with one attached hydrogen (secondary N) is 1. The van der Waals surface area contributed by atoms with Gasteiger partial charge in [-0.15, -0.1) is 0 Å². The van der Waals surface area contributed by atoms with E-state index < -0.39 is 16.3 Å². The Morgan fingerprint density at radius 2 is 1.68 bits per heavy atom. The highest BCUT2D eigenvalue weighted by atomic mass is 32.2. The van der Waals surface area contributed by atoms with E-state index in [-0.39, 0.29) is 10.9 Å². The number of aliphatic hydroxyl groups is 1. The average molecular weight is 482 g/mol. The highest BCUT2D eigenvalue weighted by molar-refractivity contribution is 7.92. The van der Waals surface area contributed by atoms with Crippen molar-refractivity contribution in [3.05, 3.63) is 83.9 Å². The maximum absolute atomic E-state index is 12.7. The largest absolute Gasteiger partial charge is 0.497 e. The third kappa shape index (κ3) is 5.00. The van der Waals surface area contributed by atoms with Gasteiger partial charge in [-0.2, -0.15) is 5.10 Å². The molecule has 34 heavy (non-hydrogen) atoms. The summed E-state index contributed by atoms with van der Waals surface area (Å²) in [5.74, 6) is 1.23. The zero-order chi connectivity index (χ0) is 24.3. The quantitative estimate of drug-likeness (QED) is 0.505. The molecule has 9 heteroatoms. The summed E-state index contributed by atoms with van der Waals surface area (Å²) in [6, 6.07) is 20.9. The van der Waals surface area contributed by atoms with E-state index in [1.54, 1.807) is 43.3 Å². The van der Waals surface area contributed by atoms with Crippen LogP contribution in [0.5, 0.6) is 11.5 Å². The van der Waals surface area contributed by atoms with Gasteiger partial charge in [0, 0.05) is 18.2 Å². The fourth-order valence-corrected chi connectivity index (χ4v) is 4.95. The van der Waals surface area contributed by atoms with E-state index in [1.165, 1.54) is 19.2 Å². The molecule has 3 aromatic carbocycles. The number of nitrogens with zero attached hydrogens (tertiary/aromatic N) is 2. The van der Waals surface area contributed by atoms with Gasteiger partial charge in [-0.3, -0.25) is 9.73 Å². The molecule has 0 bridgehead atoms. The summed E-state index contributed by atoms with van der Waals surface area (Å²) >= 11 is 0. The zero-order valence-electron chi connectivity index (χ0n) is 19.2. The lowest BCUT2D eigenvalue weighted by atomic mass is 9.98. The van der Waals surface area contributed by atoms with Crippen LogP contribution >= 0.6 is 0 Å². The van der Waals surface area contributed by atoms with Crippen LogP contribution in [0.2, 0.25) is 0 Å². The number of anilines is 1. The fourth-order valence-electron chi connectivity index (χ4n) is 3.86. The van der Waals surface area contributed by atoms with E-state index in [0.717, 1.165) is 22.6 Å². The lowest BCUT2D eigenvalue weighted by Crippen LogP contribution is -2.28. The zero-order valence-corrected chi connectivity index (χ0v) is 20.0. The third-order valence-electron chi connectivity index (χ3n) is 5.65. The first-order valence-corrected chi connectivity index (χ1v) is 12.2. The monoisotopic (exact) mass is 481 g/mol. The Kier molecular flexibility index (Phi) is 6.76. The molecule has 1 heterocycles. The van der Waals surface area contributed by atoms with Crippen LogP contribution < -0.4 is 14.2 Å². The molecule has 0 amide bonds. The number of ether oxygens (including phenoxy) is 2. The Morgan fingerprint density at radius 3 is 2.29 bits per heavy atom. The maximum Gasteiger partial charge on any atom is 0.262 e. The lowest BCUT2D eigenvalue weighted by molar-refractivity contribution is -0.000941. The maximum atomic E-state index is 12.7. The minimum atomic E-state index is -3.76. The van der Waals surface area contributed by atoms with Gasteiger partial charge in [0.2, 0.25) is 0 Å². The molecule has 1 aliphatic rings. The number of sulfonamides is 1. The molecule has 2 N–H and O–H groups in total. The second-order valence-electron chi connectivity index (χ2n) is 7.91. The Bertz CT molecular complexity index is 1270. The van der Waals surface area contributed by atoms with Crippen molar-refractivity contribution >= 4 is 21.4 Å². The number of methoxy groups -OCH3 is 2. The Morgan fingerprint density at radius 1 is 1.00 bits per heavy atom. The van der Waals surface area contributed by atoms with Crippen LogP contribution in [0.3, 0.4) is 0 Å². The minimum Gasteiger partial charge on any atom is -0.497 e. The molecule has 0 fully saturated rings. The van der Waals surface area contributed by atoms with Crippen LogP contribution in [0, 0.1) is 0 Å². The van der Waals surface area contributed by atoms with Crippen LogP contribution in [0.25, 0.3) is 0 Å². The standard InChI is InChI=1S/C25H27N3O5S/c1-17(29)28-25(19-9-13-21(32-2)14-10-19)16-24(26-28)18-7-11-20(12-8-18)27-34(30,31)23-6-4-5-22(15-23)33-3/h4-15,17,25,27,29H,16H2,1-3H3. The number of rotatable bonds is 8. The van der Waals surface area contributed by atoms with E-state index >= 15 is 0 Å². The van der Waals surface area contributed by atoms with Gasteiger partial charge < -0.3 is 14.6 Å². The van der Waals surface area contributed by atoms with Crippen LogP contribution in [-0.2, 0) is 10.0 Å². The molecule has 0 saturated carbocycles. The molecule has 0 spiro atoms. The summed E-state index contributed by atoms with van der Waals surface area (Å²) in [7, 11) is -0.653. The van der Waals surface area contributed by atoms with Gasteiger partial charge >= 0.3 is 0 Å². The highest BCUT2D eigenvalue weighted by Gasteiger charge is 2.31. The van der Waals surface area contributed by atoms with Crippen molar-refractivity contribution in [2.75, 3.05) is 18.9 Å². The number of aliphatic hydroxyl groups excluding tert-OH is 1. The predicted molar refractivity (Wildman–Crippen MR) is 131 cm³/mol. The molecule has 178 valence electrons. The highest BCUT2D eigenvalue weighted by Crippen LogP contribution is 2.34. The second-order valence-corrected chi connectivity index (χ2v) is 9.60. The molecule has 8 nitrogen and oxygen atoms in total. The first kappa shape index (κ1) is 23.6. The van der Waals surface area contributed by atoms with Crippen LogP contribution in [0.4, 0.5) is 5.69 Å². The van der Waals surface area contributed by atoms with Gasteiger partial charge in [-0.25, -0.2) is 8.42 Å². The van der Waals surface area contributed by atoms with Gasteiger partial charge in [0.05, 0.1) is 30.9 Å². The molecule has 1 aliphatic heterocycles. The van der Waals surface area contributed by atoms with Crippen molar-refractivity contribution in [3.63, 3.8) is 0 Å². The molecule has 0 aliphatic carbocycles. The summed E-state index contributed by atoms with van der Waals surface area (Å²) in [6.07, 6.45) is -0.162. The SMILES string of the molecule is COc1ccc(C2CC(c3ccc(NS(=O)(=O)c4cccc(OC)c4)cc3)=NN2C(C)O)cc1. The smallest absolute Gasteiger partial charge is 0.262 e. The van der Waals surface area contributed by atoms with E-state index in [4.69, 9.17) is 9.47 Å². The molecule has 3 aromatic rings. The predicted octanol–water partition coefficient (Wildman–Crippen LogP) is 3.99. The van der Waals surface area contributed by atoms with E-state index in [2.05, 4.69) is 9.82 Å². The van der Waals surface area contributed by atoms with Crippen molar-refractivity contribution < 1.29 is 23.0 Å². The first-order chi connectivity index (χ1) is 16.3. The fraction of sp³-hybridized carbons (Fsp3) is 0.240. The number of hydrazone groups is 1. The van der Waals surface area contributed by atoms with E-state index in [9.17, 15) is 13.5 Å². The molecular formula is C25H27N3O5S. The molecule has 0 radical (unpaired) electrons. The number of hydrogen-bond donors (Lipinski definition) is 2. The van der Waals surface area contributed by atoms with Gasteiger partial charge in [-0.1, -0.05) is 30.3 Å². The Labute approximate surface area is 199 Å². The molecular weight excluding hydrogens is 454 g/mol. The lowest BCUT2D eigenvalue weighted by Gasteiger charge is -2.26. The van der Waals surface area contributed by atoms with Crippen molar-refractivity contribution in [1.82, 2.24) is 5.01 Å². The summed E-state index contributed by atoms with van der Waals surface area (Å²) in [5, 5.41) is 16.6. The number of hydrogen-bond acceptors (Lipinski definition) is 7. The van der Waals surface area contributed by atoms with Crippen LogP contribution in [0.15, 0.2) is 82.8 Å². The topological polar surface area (TPSA) is 100 Å². The Hall–Kier alpha value is -3.56. The van der Waals surface area contributed by atoms with Crippen LogP contribution in [0.1, 0.15) is 30.5 Å².